The summed E-state index contributed by atoms with van der Waals surface area (Å²) in [5.41, 5.74) is 2.84. The second-order valence-electron chi connectivity index (χ2n) is 9.35. The van der Waals surface area contributed by atoms with Gasteiger partial charge < -0.3 is 14.5 Å². The topological polar surface area (TPSA) is 127 Å². The summed E-state index contributed by atoms with van der Waals surface area (Å²) in [6, 6.07) is 14.3. The molecule has 4 heterocycles. The third kappa shape index (κ3) is 4.43. The molecular formula is C27H26N8O4. The molecule has 0 saturated carbocycles. The van der Waals surface area contributed by atoms with Gasteiger partial charge in [-0.15, -0.1) is 5.10 Å². The van der Waals surface area contributed by atoms with Gasteiger partial charge in [-0.3, -0.25) is 19.3 Å². The first-order chi connectivity index (χ1) is 19.0. The quantitative estimate of drug-likeness (QED) is 0.332. The van der Waals surface area contributed by atoms with Crippen LogP contribution in [0.15, 0.2) is 54.9 Å². The Balaban J connectivity index is 1.05. The zero-order valence-corrected chi connectivity index (χ0v) is 21.4. The Bertz CT molecular complexity index is 1520. The zero-order chi connectivity index (χ0) is 26.9. The van der Waals surface area contributed by atoms with Crippen molar-refractivity contribution < 1.29 is 19.1 Å². The summed E-state index contributed by atoms with van der Waals surface area (Å²) in [7, 11) is 1.62. The fourth-order valence-electron chi connectivity index (χ4n) is 5.02. The molecule has 3 amide bonds. The normalized spacial score (nSPS) is 15.3. The average Bonchev–Trinajstić information content (AvgIpc) is 3.52. The molecule has 6 rings (SSSR count). The molecule has 0 radical (unpaired) electrons. The van der Waals surface area contributed by atoms with Gasteiger partial charge in [-0.25, -0.2) is 9.97 Å². The highest BCUT2D eigenvalue weighted by molar-refractivity contribution is 6.21. The molecule has 12 heteroatoms. The molecule has 1 fully saturated rings. The number of aromatic nitrogens is 5. The van der Waals surface area contributed by atoms with Crippen molar-refractivity contribution in [3.05, 3.63) is 66.0 Å². The van der Waals surface area contributed by atoms with Crippen molar-refractivity contribution in [2.75, 3.05) is 44.7 Å². The van der Waals surface area contributed by atoms with Gasteiger partial charge in [0.15, 0.2) is 17.0 Å². The minimum atomic E-state index is -0.295. The van der Waals surface area contributed by atoms with E-state index in [4.69, 9.17) is 4.74 Å². The predicted octanol–water partition coefficient (Wildman–Crippen LogP) is 1.94. The predicted molar refractivity (Wildman–Crippen MR) is 141 cm³/mol. The van der Waals surface area contributed by atoms with Gasteiger partial charge in [-0.1, -0.05) is 17.3 Å². The van der Waals surface area contributed by atoms with Crippen molar-refractivity contribution in [1.29, 1.82) is 0 Å². The van der Waals surface area contributed by atoms with Crippen LogP contribution in [0, 0.1) is 0 Å². The van der Waals surface area contributed by atoms with Crippen LogP contribution in [0.5, 0.6) is 5.75 Å². The average molecular weight is 527 g/mol. The Morgan fingerprint density at radius 2 is 1.62 bits per heavy atom. The molecule has 0 N–H and O–H groups in total. The van der Waals surface area contributed by atoms with Crippen LogP contribution >= 0.6 is 0 Å². The number of piperazine rings is 1. The van der Waals surface area contributed by atoms with Crippen molar-refractivity contribution in [2.24, 2.45) is 0 Å². The van der Waals surface area contributed by atoms with Crippen LogP contribution < -0.4 is 9.64 Å². The number of amides is 3. The van der Waals surface area contributed by atoms with Crippen molar-refractivity contribution >= 4 is 34.7 Å². The number of fused-ring (bicyclic) bond motifs is 2. The van der Waals surface area contributed by atoms with Crippen LogP contribution in [0.25, 0.3) is 16.9 Å². The second kappa shape index (κ2) is 10.1. The number of rotatable bonds is 7. The minimum absolute atomic E-state index is 0.00421. The number of ether oxygens (including phenoxy) is 1. The fourth-order valence-corrected chi connectivity index (χ4v) is 5.02. The van der Waals surface area contributed by atoms with E-state index in [0.29, 0.717) is 60.7 Å². The number of benzene rings is 2. The lowest BCUT2D eigenvalue weighted by Crippen LogP contribution is -2.49. The Hall–Kier alpha value is -4.87. The number of hydrogen-bond donors (Lipinski definition) is 0. The summed E-state index contributed by atoms with van der Waals surface area (Å²) in [6.07, 6.45) is 2.19. The second-order valence-corrected chi connectivity index (χ2v) is 9.35. The van der Waals surface area contributed by atoms with Gasteiger partial charge in [0.1, 0.15) is 12.1 Å². The lowest BCUT2D eigenvalue weighted by atomic mass is 10.1. The lowest BCUT2D eigenvalue weighted by molar-refractivity contribution is -0.131. The first-order valence-electron chi connectivity index (χ1n) is 12.7. The van der Waals surface area contributed by atoms with E-state index in [1.54, 1.807) is 36.1 Å². The van der Waals surface area contributed by atoms with Crippen molar-refractivity contribution in [3.8, 4) is 11.4 Å². The van der Waals surface area contributed by atoms with Crippen molar-refractivity contribution in [1.82, 2.24) is 34.8 Å². The fraction of sp³-hybridized carbons (Fsp3) is 0.296. The van der Waals surface area contributed by atoms with E-state index in [1.165, 1.54) is 11.2 Å². The van der Waals surface area contributed by atoms with Gasteiger partial charge >= 0.3 is 0 Å². The van der Waals surface area contributed by atoms with E-state index < -0.39 is 0 Å². The Labute approximate surface area is 223 Å². The van der Waals surface area contributed by atoms with E-state index in [9.17, 15) is 14.4 Å². The highest BCUT2D eigenvalue weighted by atomic mass is 16.5. The molecule has 0 bridgehead atoms. The van der Waals surface area contributed by atoms with Gasteiger partial charge in [0.05, 0.1) is 23.9 Å². The maximum atomic E-state index is 12.9. The Morgan fingerprint density at radius 3 is 2.28 bits per heavy atom. The molecule has 0 spiro atoms. The third-order valence-corrected chi connectivity index (χ3v) is 7.12. The zero-order valence-electron chi connectivity index (χ0n) is 21.4. The van der Waals surface area contributed by atoms with Crippen LogP contribution in [0.4, 0.5) is 5.82 Å². The standard InChI is InChI=1S/C27H26N8O4/c1-39-19-10-8-18(9-11-19)35-25-23(30-31-35)24(28-17-29-25)33-15-13-32(14-16-33)22(36)7-4-12-34-26(37)20-5-2-3-6-21(20)27(34)38/h2-3,5-6,8-11,17H,4,7,12-16H2,1H3. The number of carbonyl (C=O) groups is 3. The van der Waals surface area contributed by atoms with Crippen LogP contribution in [0.3, 0.4) is 0 Å². The molecule has 1 saturated heterocycles. The highest BCUT2D eigenvalue weighted by Gasteiger charge is 2.34. The number of hydrogen-bond acceptors (Lipinski definition) is 9. The molecule has 12 nitrogen and oxygen atoms in total. The molecule has 0 aliphatic carbocycles. The van der Waals surface area contributed by atoms with Crippen molar-refractivity contribution in [3.63, 3.8) is 0 Å². The summed E-state index contributed by atoms with van der Waals surface area (Å²) < 4.78 is 6.89. The third-order valence-electron chi connectivity index (χ3n) is 7.12. The van der Waals surface area contributed by atoms with Crippen LogP contribution in [0.1, 0.15) is 33.6 Å². The first kappa shape index (κ1) is 24.5. The van der Waals surface area contributed by atoms with E-state index >= 15 is 0 Å². The van der Waals surface area contributed by atoms with E-state index in [2.05, 4.69) is 25.2 Å². The molecule has 2 aliphatic rings. The van der Waals surface area contributed by atoms with Gasteiger partial charge in [0, 0.05) is 39.1 Å². The van der Waals surface area contributed by atoms with Crippen LogP contribution in [-0.4, -0.2) is 92.3 Å². The molecule has 2 aliphatic heterocycles. The molecule has 2 aromatic heterocycles. The van der Waals surface area contributed by atoms with Gasteiger partial charge in [-0.2, -0.15) is 4.68 Å². The lowest BCUT2D eigenvalue weighted by Gasteiger charge is -2.35. The molecule has 4 aromatic rings. The smallest absolute Gasteiger partial charge is 0.261 e. The Kier molecular flexibility index (Phi) is 6.35. The number of methoxy groups -OCH3 is 1. The molecule has 198 valence electrons. The number of nitrogens with zero attached hydrogens (tertiary/aromatic N) is 8. The molecule has 0 atom stereocenters. The molecule has 2 aromatic carbocycles. The summed E-state index contributed by atoms with van der Waals surface area (Å²) in [5.74, 6) is 0.838. The summed E-state index contributed by atoms with van der Waals surface area (Å²) >= 11 is 0. The molecular weight excluding hydrogens is 500 g/mol. The summed E-state index contributed by atoms with van der Waals surface area (Å²) in [4.78, 5) is 51.9. The number of imide groups is 1. The monoisotopic (exact) mass is 526 g/mol. The summed E-state index contributed by atoms with van der Waals surface area (Å²) in [6.45, 7) is 2.46. The largest absolute Gasteiger partial charge is 0.497 e. The van der Waals surface area contributed by atoms with Gasteiger partial charge in [0.2, 0.25) is 5.91 Å². The van der Waals surface area contributed by atoms with Gasteiger partial charge in [0.25, 0.3) is 11.8 Å². The van der Waals surface area contributed by atoms with E-state index in [-0.39, 0.29) is 30.7 Å². The maximum Gasteiger partial charge on any atom is 0.261 e. The van der Waals surface area contributed by atoms with Crippen LogP contribution in [-0.2, 0) is 4.79 Å². The highest BCUT2D eigenvalue weighted by Crippen LogP contribution is 2.25. The van der Waals surface area contributed by atoms with E-state index in [1.807, 2.05) is 29.2 Å². The van der Waals surface area contributed by atoms with E-state index in [0.717, 1.165) is 11.4 Å². The molecule has 39 heavy (non-hydrogen) atoms. The van der Waals surface area contributed by atoms with Gasteiger partial charge in [-0.05, 0) is 42.8 Å². The minimum Gasteiger partial charge on any atom is -0.497 e. The maximum absolute atomic E-state index is 12.9. The summed E-state index contributed by atoms with van der Waals surface area (Å²) in [5, 5.41) is 8.64. The first-order valence-corrected chi connectivity index (χ1v) is 12.7. The molecule has 0 unspecified atom stereocenters. The van der Waals surface area contributed by atoms with Crippen molar-refractivity contribution in [2.45, 2.75) is 12.8 Å². The SMILES string of the molecule is COc1ccc(-n2nnc3c(N4CCN(C(=O)CCCN5C(=O)c6ccccc6C5=O)CC4)ncnc32)cc1. The van der Waals surface area contributed by atoms with Crippen LogP contribution in [0.2, 0.25) is 0 Å². The Morgan fingerprint density at radius 1 is 0.923 bits per heavy atom. The number of anilines is 1. The number of carbonyl (C=O) groups excluding carboxylic acids is 3.